The molecule has 0 saturated carbocycles. The lowest BCUT2D eigenvalue weighted by atomic mass is 10.1. The van der Waals surface area contributed by atoms with Crippen LogP contribution in [0.15, 0.2) is 57.9 Å². The van der Waals surface area contributed by atoms with E-state index in [4.69, 9.17) is 4.52 Å². The number of hydrogen-bond donors (Lipinski definition) is 2. The molecule has 2 aromatic carbocycles. The zero-order valence-electron chi connectivity index (χ0n) is 17.0. The van der Waals surface area contributed by atoms with Gasteiger partial charge in [-0.3, -0.25) is 4.79 Å². The van der Waals surface area contributed by atoms with Gasteiger partial charge in [-0.25, -0.2) is 13.1 Å². The second-order valence-corrected chi connectivity index (χ2v) is 8.61. The number of amides is 1. The lowest BCUT2D eigenvalue weighted by Crippen LogP contribution is -2.23. The molecule has 1 aromatic heterocycles. The first-order chi connectivity index (χ1) is 14.3. The highest BCUT2D eigenvalue weighted by atomic mass is 32.2. The van der Waals surface area contributed by atoms with E-state index in [2.05, 4.69) is 15.2 Å². The van der Waals surface area contributed by atoms with Crippen molar-refractivity contribution in [1.82, 2.24) is 9.88 Å². The molecule has 0 saturated heterocycles. The van der Waals surface area contributed by atoms with Crippen LogP contribution in [0.2, 0.25) is 0 Å². The van der Waals surface area contributed by atoms with Crippen molar-refractivity contribution >= 4 is 33.8 Å². The first kappa shape index (κ1) is 21.5. The first-order valence-corrected chi connectivity index (χ1v) is 10.8. The van der Waals surface area contributed by atoms with E-state index in [1.807, 2.05) is 31.2 Å². The average molecular weight is 426 g/mol. The highest BCUT2D eigenvalue weighted by Gasteiger charge is 2.14. The summed E-state index contributed by atoms with van der Waals surface area (Å²) in [6, 6.07) is 14.1. The van der Waals surface area contributed by atoms with Gasteiger partial charge in [0, 0.05) is 13.5 Å². The monoisotopic (exact) mass is 425 g/mol. The van der Waals surface area contributed by atoms with Crippen LogP contribution in [-0.4, -0.2) is 19.5 Å². The molecule has 0 aliphatic heterocycles. The topological polar surface area (TPSA) is 101 Å². The number of nitrogens with zero attached hydrogens (tertiary/aromatic N) is 1. The minimum Gasteiger partial charge on any atom is -0.354 e. The SMILES string of the molecule is CC(=O)Nc1c(C)noc1C=Cc1ccc(S(=O)(=O)NCc2ccccc2C)cc1. The zero-order chi connectivity index (χ0) is 21.7. The molecule has 0 bridgehead atoms. The largest absolute Gasteiger partial charge is 0.354 e. The summed E-state index contributed by atoms with van der Waals surface area (Å²) in [6.45, 7) is 5.31. The lowest BCUT2D eigenvalue weighted by Gasteiger charge is -2.09. The molecule has 7 nitrogen and oxygen atoms in total. The molecule has 2 N–H and O–H groups in total. The van der Waals surface area contributed by atoms with E-state index in [-0.39, 0.29) is 17.3 Å². The Labute approximate surface area is 175 Å². The molecule has 0 radical (unpaired) electrons. The number of hydrogen-bond acceptors (Lipinski definition) is 5. The number of benzene rings is 2. The van der Waals surface area contributed by atoms with Crippen molar-refractivity contribution in [2.24, 2.45) is 0 Å². The summed E-state index contributed by atoms with van der Waals surface area (Å²) in [6.07, 6.45) is 3.42. The molecule has 0 aliphatic rings. The van der Waals surface area contributed by atoms with Crippen molar-refractivity contribution < 1.29 is 17.7 Å². The summed E-state index contributed by atoms with van der Waals surface area (Å²) < 4.78 is 33.0. The molecule has 3 aromatic rings. The van der Waals surface area contributed by atoms with E-state index in [9.17, 15) is 13.2 Å². The minimum atomic E-state index is -3.63. The van der Waals surface area contributed by atoms with Gasteiger partial charge >= 0.3 is 0 Å². The molecule has 1 amide bonds. The van der Waals surface area contributed by atoms with Gasteiger partial charge in [-0.15, -0.1) is 0 Å². The molecule has 0 fully saturated rings. The van der Waals surface area contributed by atoms with Crippen molar-refractivity contribution in [2.45, 2.75) is 32.2 Å². The number of sulfonamides is 1. The third-order valence-electron chi connectivity index (χ3n) is 4.52. The van der Waals surface area contributed by atoms with Crippen LogP contribution in [0, 0.1) is 13.8 Å². The van der Waals surface area contributed by atoms with E-state index in [1.165, 1.54) is 6.92 Å². The van der Waals surface area contributed by atoms with Crippen LogP contribution in [0.25, 0.3) is 12.2 Å². The fraction of sp³-hybridized carbons (Fsp3) is 0.182. The number of carbonyl (C=O) groups excluding carboxylic acids is 1. The maximum Gasteiger partial charge on any atom is 0.240 e. The first-order valence-electron chi connectivity index (χ1n) is 9.32. The molecule has 8 heteroatoms. The van der Waals surface area contributed by atoms with Crippen molar-refractivity contribution in [3.63, 3.8) is 0 Å². The van der Waals surface area contributed by atoms with E-state index in [0.29, 0.717) is 17.1 Å². The molecule has 1 heterocycles. The van der Waals surface area contributed by atoms with Crippen LogP contribution < -0.4 is 10.0 Å². The third kappa shape index (κ3) is 5.22. The van der Waals surface area contributed by atoms with E-state index in [1.54, 1.807) is 43.3 Å². The number of rotatable bonds is 7. The fourth-order valence-electron chi connectivity index (χ4n) is 2.82. The van der Waals surface area contributed by atoms with Gasteiger partial charge in [0.25, 0.3) is 0 Å². The lowest BCUT2D eigenvalue weighted by molar-refractivity contribution is -0.114. The number of aryl methyl sites for hydroxylation is 2. The second kappa shape index (κ2) is 9.06. The smallest absolute Gasteiger partial charge is 0.240 e. The standard InChI is InChI=1S/C22H23N3O4S/c1-15-6-4-5-7-19(15)14-23-30(27,28)20-11-8-18(9-12-20)10-13-21-22(24-17(3)26)16(2)25-29-21/h4-13,23H,14H2,1-3H3,(H,24,26). The van der Waals surface area contributed by atoms with Crippen LogP contribution in [-0.2, 0) is 21.4 Å². The maximum absolute atomic E-state index is 12.6. The molecule has 0 spiro atoms. The Morgan fingerprint density at radius 3 is 2.43 bits per heavy atom. The number of carbonyl (C=O) groups is 1. The highest BCUT2D eigenvalue weighted by Crippen LogP contribution is 2.23. The Kier molecular flexibility index (Phi) is 6.49. The van der Waals surface area contributed by atoms with Gasteiger partial charge < -0.3 is 9.84 Å². The van der Waals surface area contributed by atoms with Gasteiger partial charge in [0.1, 0.15) is 11.4 Å². The summed E-state index contributed by atoms with van der Waals surface area (Å²) >= 11 is 0. The van der Waals surface area contributed by atoms with Crippen LogP contribution >= 0.6 is 0 Å². The van der Waals surface area contributed by atoms with Gasteiger partial charge in [0.2, 0.25) is 15.9 Å². The van der Waals surface area contributed by atoms with Crippen LogP contribution in [0.3, 0.4) is 0 Å². The summed E-state index contributed by atoms with van der Waals surface area (Å²) in [5, 5.41) is 6.54. The van der Waals surface area contributed by atoms with Crippen LogP contribution in [0.5, 0.6) is 0 Å². The molecular weight excluding hydrogens is 402 g/mol. The summed E-state index contributed by atoms with van der Waals surface area (Å²) in [4.78, 5) is 11.5. The molecule has 30 heavy (non-hydrogen) atoms. The quantitative estimate of drug-likeness (QED) is 0.598. The summed E-state index contributed by atoms with van der Waals surface area (Å²) in [5.74, 6) is 0.197. The Morgan fingerprint density at radius 2 is 1.77 bits per heavy atom. The van der Waals surface area contributed by atoms with Crippen LogP contribution in [0.1, 0.15) is 35.1 Å². The predicted octanol–water partition coefficient (Wildman–Crippen LogP) is 3.90. The molecule has 0 unspecified atom stereocenters. The second-order valence-electron chi connectivity index (χ2n) is 6.84. The normalized spacial score (nSPS) is 11.7. The Balaban J connectivity index is 1.71. The number of anilines is 1. The van der Waals surface area contributed by atoms with Crippen molar-refractivity contribution in [3.05, 3.63) is 76.7 Å². The molecular formula is C22H23N3O4S. The van der Waals surface area contributed by atoms with Crippen molar-refractivity contribution in [3.8, 4) is 0 Å². The molecule has 3 rings (SSSR count). The third-order valence-corrected chi connectivity index (χ3v) is 5.94. The minimum absolute atomic E-state index is 0.183. The van der Waals surface area contributed by atoms with Gasteiger partial charge in [-0.1, -0.05) is 47.6 Å². The Bertz CT molecular complexity index is 1180. The highest BCUT2D eigenvalue weighted by molar-refractivity contribution is 7.89. The summed E-state index contributed by atoms with van der Waals surface area (Å²) in [7, 11) is -3.63. The Hall–Kier alpha value is -3.23. The fourth-order valence-corrected chi connectivity index (χ4v) is 3.83. The van der Waals surface area contributed by atoms with Gasteiger partial charge in [0.15, 0.2) is 5.76 Å². The zero-order valence-corrected chi connectivity index (χ0v) is 17.8. The average Bonchev–Trinajstić information content (AvgIpc) is 3.05. The van der Waals surface area contributed by atoms with Gasteiger partial charge in [-0.2, -0.15) is 0 Å². The number of nitrogens with one attached hydrogen (secondary N) is 2. The van der Waals surface area contributed by atoms with Crippen LogP contribution in [0.4, 0.5) is 5.69 Å². The van der Waals surface area contributed by atoms with Crippen molar-refractivity contribution in [1.29, 1.82) is 0 Å². The molecule has 0 atom stereocenters. The molecule has 156 valence electrons. The van der Waals surface area contributed by atoms with E-state index >= 15 is 0 Å². The van der Waals surface area contributed by atoms with Gasteiger partial charge in [0.05, 0.1) is 4.90 Å². The van der Waals surface area contributed by atoms with Crippen molar-refractivity contribution in [2.75, 3.05) is 5.32 Å². The Morgan fingerprint density at radius 1 is 1.07 bits per heavy atom. The number of aromatic nitrogens is 1. The van der Waals surface area contributed by atoms with Gasteiger partial charge in [-0.05, 0) is 48.7 Å². The maximum atomic E-state index is 12.6. The predicted molar refractivity (Wildman–Crippen MR) is 116 cm³/mol. The molecule has 0 aliphatic carbocycles. The van der Waals surface area contributed by atoms with E-state index < -0.39 is 10.0 Å². The van der Waals surface area contributed by atoms with E-state index in [0.717, 1.165) is 16.7 Å². The summed E-state index contributed by atoms with van der Waals surface area (Å²) in [5.41, 5.74) is 3.82.